The van der Waals surface area contributed by atoms with E-state index in [9.17, 15) is 18.0 Å². The van der Waals surface area contributed by atoms with Crippen LogP contribution in [0.1, 0.15) is 31.0 Å². The second-order valence-corrected chi connectivity index (χ2v) is 9.03. The molecule has 0 saturated carbocycles. The van der Waals surface area contributed by atoms with Gasteiger partial charge in [-0.05, 0) is 50.6 Å². The highest BCUT2D eigenvalue weighted by molar-refractivity contribution is 7.89. The first-order valence-electron chi connectivity index (χ1n) is 9.42. The molecule has 3 rings (SSSR count). The van der Waals surface area contributed by atoms with Crippen molar-refractivity contribution in [1.82, 2.24) is 4.31 Å². The van der Waals surface area contributed by atoms with Crippen molar-refractivity contribution in [2.75, 3.05) is 13.2 Å². The number of hydrogen-bond acceptors (Lipinski definition) is 6. The Hall–Kier alpha value is -2.42. The van der Waals surface area contributed by atoms with E-state index >= 15 is 0 Å². The minimum absolute atomic E-state index is 0.0221. The Morgan fingerprint density at radius 2 is 1.47 bits per heavy atom. The fourth-order valence-electron chi connectivity index (χ4n) is 3.41. The van der Waals surface area contributed by atoms with Gasteiger partial charge in [-0.15, -0.1) is 0 Å². The molecule has 1 heterocycles. The van der Waals surface area contributed by atoms with Gasteiger partial charge in [-0.1, -0.05) is 41.4 Å². The molecule has 2 atom stereocenters. The van der Waals surface area contributed by atoms with E-state index in [1.54, 1.807) is 50.2 Å². The fourth-order valence-corrected chi connectivity index (χ4v) is 5.38. The van der Waals surface area contributed by atoms with Gasteiger partial charge in [0.05, 0.1) is 24.2 Å². The van der Waals surface area contributed by atoms with Crippen LogP contribution in [-0.2, 0) is 29.1 Å². The number of nitrogens with zero attached hydrogens (tertiary/aromatic N) is 1. The summed E-state index contributed by atoms with van der Waals surface area (Å²) in [5.74, 6) is -1.95. The Kier molecular flexibility index (Phi) is 6.21. The van der Waals surface area contributed by atoms with Crippen LogP contribution in [0.4, 0.5) is 0 Å². The number of benzene rings is 2. The van der Waals surface area contributed by atoms with Crippen LogP contribution in [0.15, 0.2) is 53.4 Å². The van der Waals surface area contributed by atoms with Gasteiger partial charge in [-0.3, -0.25) is 0 Å². The number of ether oxygens (including phenoxy) is 2. The summed E-state index contributed by atoms with van der Waals surface area (Å²) < 4.78 is 38.1. The summed E-state index contributed by atoms with van der Waals surface area (Å²) in [5.41, 5.74) is -0.837. The summed E-state index contributed by atoms with van der Waals surface area (Å²) in [4.78, 5) is 25.9. The maximum Gasteiger partial charge on any atom is 0.341 e. The van der Waals surface area contributed by atoms with Crippen LogP contribution < -0.4 is 0 Å². The standard InChI is InChI=1S/C21H22ClNO6S/c1-4-28-19(24)21(20(25)29-5-2)18(15-8-10-16(22)11-9-15)23(21)30(26,27)17-12-6-14(3)7-13-17/h6-13,18H,4-5H2,1-3H3. The molecule has 0 aliphatic carbocycles. The molecule has 2 aromatic carbocycles. The van der Waals surface area contributed by atoms with Crippen LogP contribution in [0.3, 0.4) is 0 Å². The van der Waals surface area contributed by atoms with E-state index in [0.29, 0.717) is 10.6 Å². The monoisotopic (exact) mass is 451 g/mol. The lowest BCUT2D eigenvalue weighted by Crippen LogP contribution is -2.43. The zero-order chi connectivity index (χ0) is 22.1. The third-order valence-corrected chi connectivity index (χ3v) is 6.98. The highest BCUT2D eigenvalue weighted by Crippen LogP contribution is 2.58. The first-order chi connectivity index (χ1) is 14.2. The van der Waals surface area contributed by atoms with Crippen molar-refractivity contribution in [2.45, 2.75) is 37.2 Å². The zero-order valence-electron chi connectivity index (χ0n) is 16.8. The highest BCUT2D eigenvalue weighted by atomic mass is 35.5. The Bertz CT molecular complexity index is 1030. The number of sulfonamides is 1. The van der Waals surface area contributed by atoms with E-state index in [-0.39, 0.29) is 18.1 Å². The summed E-state index contributed by atoms with van der Waals surface area (Å²) >= 11 is 5.95. The van der Waals surface area contributed by atoms with Crippen molar-refractivity contribution < 1.29 is 27.5 Å². The molecule has 1 saturated heterocycles. The summed E-state index contributed by atoms with van der Waals surface area (Å²) in [5, 5.41) is 0.435. The first-order valence-corrected chi connectivity index (χ1v) is 11.2. The van der Waals surface area contributed by atoms with E-state index < -0.39 is 33.5 Å². The van der Waals surface area contributed by atoms with Gasteiger partial charge in [-0.2, -0.15) is 4.31 Å². The molecule has 1 fully saturated rings. The third-order valence-electron chi connectivity index (χ3n) is 4.85. The lowest BCUT2D eigenvalue weighted by atomic mass is 9.99. The zero-order valence-corrected chi connectivity index (χ0v) is 18.4. The highest BCUT2D eigenvalue weighted by Gasteiger charge is 2.80. The average Bonchev–Trinajstić information content (AvgIpc) is 3.42. The second-order valence-electron chi connectivity index (χ2n) is 6.78. The van der Waals surface area contributed by atoms with Crippen LogP contribution in [0.5, 0.6) is 0 Å². The topological polar surface area (TPSA) is 89.8 Å². The molecule has 9 heteroatoms. The van der Waals surface area contributed by atoms with Gasteiger partial charge < -0.3 is 9.47 Å². The molecule has 7 nitrogen and oxygen atoms in total. The first kappa shape index (κ1) is 22.3. The average molecular weight is 452 g/mol. The van der Waals surface area contributed by atoms with Gasteiger partial charge in [0.1, 0.15) is 0 Å². The van der Waals surface area contributed by atoms with Crippen LogP contribution in [0.2, 0.25) is 5.02 Å². The van der Waals surface area contributed by atoms with Crippen LogP contribution >= 0.6 is 11.6 Å². The smallest absolute Gasteiger partial charge is 0.341 e. The van der Waals surface area contributed by atoms with Gasteiger partial charge in [0.15, 0.2) is 0 Å². The molecule has 0 N–H and O–H groups in total. The predicted octanol–water partition coefficient (Wildman–Crippen LogP) is 3.26. The molecular formula is C21H22ClNO6S. The number of carbonyl (C=O) groups excluding carboxylic acids is 2. The maximum absolute atomic E-state index is 13.5. The van der Waals surface area contributed by atoms with Gasteiger partial charge in [0.25, 0.3) is 5.54 Å². The van der Waals surface area contributed by atoms with Crippen molar-refractivity contribution in [1.29, 1.82) is 0 Å². The number of rotatable bonds is 7. The minimum Gasteiger partial charge on any atom is -0.464 e. The molecule has 0 radical (unpaired) electrons. The Balaban J connectivity index is 2.19. The molecule has 30 heavy (non-hydrogen) atoms. The quantitative estimate of drug-likeness (QED) is 0.364. The lowest BCUT2D eigenvalue weighted by molar-refractivity contribution is -0.160. The summed E-state index contributed by atoms with van der Waals surface area (Å²) in [6.07, 6.45) is 0. The van der Waals surface area contributed by atoms with Gasteiger partial charge in [0, 0.05) is 5.02 Å². The van der Waals surface area contributed by atoms with Crippen LogP contribution in [0, 0.1) is 6.92 Å². The Labute approximate surface area is 180 Å². The summed E-state index contributed by atoms with van der Waals surface area (Å²) in [6, 6.07) is 11.3. The van der Waals surface area contributed by atoms with E-state index in [1.165, 1.54) is 12.1 Å². The SMILES string of the molecule is CCOC(=O)C1(C(=O)OCC)C(c2ccc(Cl)cc2)N1S(=O)(=O)c1ccc(C)cc1. The molecule has 0 bridgehead atoms. The summed E-state index contributed by atoms with van der Waals surface area (Å²) in [6.45, 7) is 4.94. The van der Waals surface area contributed by atoms with Crippen molar-refractivity contribution in [2.24, 2.45) is 0 Å². The van der Waals surface area contributed by atoms with Crippen molar-refractivity contribution >= 4 is 33.6 Å². The summed E-state index contributed by atoms with van der Waals surface area (Å²) in [7, 11) is -4.23. The van der Waals surface area contributed by atoms with Crippen molar-refractivity contribution in [3.05, 3.63) is 64.7 Å². The molecule has 160 valence electrons. The molecular weight excluding hydrogens is 430 g/mol. The Morgan fingerprint density at radius 1 is 0.967 bits per heavy atom. The molecule has 0 spiro atoms. The maximum atomic E-state index is 13.5. The molecule has 1 aliphatic heterocycles. The molecule has 2 aromatic rings. The molecule has 0 amide bonds. The molecule has 0 aromatic heterocycles. The Morgan fingerprint density at radius 3 is 1.93 bits per heavy atom. The van der Waals surface area contributed by atoms with Gasteiger partial charge in [-0.25, -0.2) is 18.0 Å². The van der Waals surface area contributed by atoms with E-state index in [0.717, 1.165) is 9.87 Å². The largest absolute Gasteiger partial charge is 0.464 e. The van der Waals surface area contributed by atoms with Crippen LogP contribution in [-0.4, -0.2) is 43.4 Å². The van der Waals surface area contributed by atoms with E-state index in [1.807, 2.05) is 6.92 Å². The number of halogens is 1. The van der Waals surface area contributed by atoms with E-state index in [4.69, 9.17) is 21.1 Å². The van der Waals surface area contributed by atoms with Gasteiger partial charge >= 0.3 is 11.9 Å². The number of aryl methyl sites for hydroxylation is 1. The molecule has 2 unspecified atom stereocenters. The van der Waals surface area contributed by atoms with Crippen molar-refractivity contribution in [3.63, 3.8) is 0 Å². The lowest BCUT2D eigenvalue weighted by Gasteiger charge is -2.15. The van der Waals surface area contributed by atoms with Crippen LogP contribution in [0.25, 0.3) is 0 Å². The van der Waals surface area contributed by atoms with Crippen molar-refractivity contribution in [3.8, 4) is 0 Å². The predicted molar refractivity (Wildman–Crippen MR) is 110 cm³/mol. The number of esters is 2. The van der Waals surface area contributed by atoms with Gasteiger partial charge in [0.2, 0.25) is 10.0 Å². The van der Waals surface area contributed by atoms with E-state index in [2.05, 4.69) is 0 Å². The fraction of sp³-hybridized carbons (Fsp3) is 0.333. The normalized spacial score (nSPS) is 19.7. The second kappa shape index (κ2) is 8.37. The minimum atomic E-state index is -4.23. The third kappa shape index (κ3) is 3.59. The number of hydrogen-bond donors (Lipinski definition) is 0. The number of carbonyl (C=O) groups is 2. The molecule has 1 aliphatic rings.